The van der Waals surface area contributed by atoms with Crippen molar-refractivity contribution in [2.75, 3.05) is 37.2 Å². The summed E-state index contributed by atoms with van der Waals surface area (Å²) in [6.45, 7) is 4.68. The average molecular weight is 386 g/mol. The Balaban J connectivity index is 1.88. The molecular weight excluding hydrogens is 364 g/mol. The lowest BCUT2D eigenvalue weighted by molar-refractivity contribution is 0.0985. The van der Waals surface area contributed by atoms with Crippen LogP contribution in [0.25, 0.3) is 11.4 Å². The van der Waals surface area contributed by atoms with E-state index >= 15 is 0 Å². The number of aliphatic imine (C=N–C) groups is 1. The zero-order valence-electron chi connectivity index (χ0n) is 15.6. The molecule has 27 heavy (non-hydrogen) atoms. The maximum atomic E-state index is 12.3. The fourth-order valence-electron chi connectivity index (χ4n) is 3.23. The van der Waals surface area contributed by atoms with Crippen LogP contribution in [0.5, 0.6) is 0 Å². The molecule has 2 aromatic rings. The van der Waals surface area contributed by atoms with Crippen LogP contribution in [-0.2, 0) is 21.0 Å². The molecule has 1 fully saturated rings. The third-order valence-corrected chi connectivity index (χ3v) is 5.08. The molecule has 142 valence electrons. The molecule has 8 nitrogen and oxygen atoms in total. The van der Waals surface area contributed by atoms with Gasteiger partial charge in [0, 0.05) is 58.4 Å². The lowest BCUT2D eigenvalue weighted by Gasteiger charge is -2.34. The number of rotatable bonds is 3. The van der Waals surface area contributed by atoms with Crippen molar-refractivity contribution in [1.82, 2.24) is 15.0 Å². The standard InChI is InChI=1S/C18H22N6O2S/c1-12-11-26-7-6-24(12)17-8-16(23-27(2,3)25)21-18(22-17)13-4-5-20-15-10-19-9-14(13)15/h4-5,8-9,12H,6-7,10-11H2,1-3H3/t12-/m1/s1. The second-order valence-electron chi connectivity index (χ2n) is 6.99. The molecule has 2 aliphatic rings. The van der Waals surface area contributed by atoms with Gasteiger partial charge in [-0.15, -0.1) is 0 Å². The molecule has 1 saturated heterocycles. The number of hydrogen-bond acceptors (Lipinski definition) is 8. The summed E-state index contributed by atoms with van der Waals surface area (Å²) in [7, 11) is -2.35. The van der Waals surface area contributed by atoms with Crippen LogP contribution < -0.4 is 4.90 Å². The summed E-state index contributed by atoms with van der Waals surface area (Å²) in [6.07, 6.45) is 6.76. The van der Waals surface area contributed by atoms with Gasteiger partial charge in [0.1, 0.15) is 5.82 Å². The second kappa shape index (κ2) is 6.97. The highest BCUT2D eigenvalue weighted by atomic mass is 32.2. The summed E-state index contributed by atoms with van der Waals surface area (Å²) >= 11 is 0. The molecule has 9 heteroatoms. The molecule has 0 N–H and O–H groups in total. The number of fused-ring (bicyclic) bond motifs is 1. The van der Waals surface area contributed by atoms with Crippen LogP contribution in [0.2, 0.25) is 0 Å². The minimum Gasteiger partial charge on any atom is -0.377 e. The van der Waals surface area contributed by atoms with Crippen molar-refractivity contribution in [2.45, 2.75) is 19.5 Å². The fourth-order valence-corrected chi connectivity index (χ4v) is 3.78. The van der Waals surface area contributed by atoms with Crippen molar-refractivity contribution in [3.63, 3.8) is 0 Å². The Labute approximate surface area is 158 Å². The van der Waals surface area contributed by atoms with Crippen molar-refractivity contribution in [3.05, 3.63) is 29.6 Å². The molecule has 0 radical (unpaired) electrons. The predicted molar refractivity (Wildman–Crippen MR) is 106 cm³/mol. The molecular formula is C18H22N6O2S. The smallest absolute Gasteiger partial charge is 0.167 e. The van der Waals surface area contributed by atoms with E-state index in [1.54, 1.807) is 24.8 Å². The molecule has 4 heterocycles. The predicted octanol–water partition coefficient (Wildman–Crippen LogP) is 2.06. The Kier molecular flexibility index (Phi) is 4.65. The van der Waals surface area contributed by atoms with Crippen molar-refractivity contribution >= 4 is 27.6 Å². The van der Waals surface area contributed by atoms with Gasteiger partial charge in [0.25, 0.3) is 0 Å². The lowest BCUT2D eigenvalue weighted by atomic mass is 10.1. The van der Waals surface area contributed by atoms with Crippen LogP contribution in [0.3, 0.4) is 0 Å². The summed E-state index contributed by atoms with van der Waals surface area (Å²) in [6, 6.07) is 3.87. The molecule has 0 saturated carbocycles. The van der Waals surface area contributed by atoms with Crippen molar-refractivity contribution in [3.8, 4) is 11.4 Å². The molecule has 0 aliphatic carbocycles. The highest BCUT2D eigenvalue weighted by Gasteiger charge is 2.23. The summed E-state index contributed by atoms with van der Waals surface area (Å²) in [5, 5.41) is 0. The number of pyridine rings is 1. The summed E-state index contributed by atoms with van der Waals surface area (Å²) in [4.78, 5) is 20.2. The van der Waals surface area contributed by atoms with E-state index in [1.807, 2.05) is 12.3 Å². The zero-order valence-corrected chi connectivity index (χ0v) is 16.4. The van der Waals surface area contributed by atoms with Crippen LogP contribution in [0.4, 0.5) is 11.6 Å². The lowest BCUT2D eigenvalue weighted by Crippen LogP contribution is -2.44. The highest BCUT2D eigenvalue weighted by Crippen LogP contribution is 2.30. The molecule has 0 bridgehead atoms. The minimum atomic E-state index is -2.35. The van der Waals surface area contributed by atoms with E-state index in [9.17, 15) is 4.21 Å². The van der Waals surface area contributed by atoms with Gasteiger partial charge in [-0.2, -0.15) is 4.36 Å². The Morgan fingerprint density at radius 3 is 2.96 bits per heavy atom. The summed E-state index contributed by atoms with van der Waals surface area (Å²) in [5.74, 6) is 1.73. The van der Waals surface area contributed by atoms with E-state index in [0.29, 0.717) is 31.4 Å². The molecule has 0 spiro atoms. The van der Waals surface area contributed by atoms with Gasteiger partial charge < -0.3 is 9.64 Å². The van der Waals surface area contributed by atoms with Crippen LogP contribution in [0.15, 0.2) is 27.7 Å². The maximum Gasteiger partial charge on any atom is 0.167 e. The first-order chi connectivity index (χ1) is 12.9. The first-order valence-corrected chi connectivity index (χ1v) is 11.1. The van der Waals surface area contributed by atoms with E-state index in [1.165, 1.54) is 0 Å². The third-order valence-electron chi connectivity index (χ3n) is 4.45. The van der Waals surface area contributed by atoms with Crippen molar-refractivity contribution in [2.24, 2.45) is 9.36 Å². The Bertz CT molecular complexity index is 1020. The van der Waals surface area contributed by atoms with Crippen LogP contribution in [-0.4, -0.2) is 63.7 Å². The van der Waals surface area contributed by atoms with Gasteiger partial charge >= 0.3 is 0 Å². The number of ether oxygens (including phenoxy) is 1. The van der Waals surface area contributed by atoms with Crippen molar-refractivity contribution < 1.29 is 8.95 Å². The highest BCUT2D eigenvalue weighted by molar-refractivity contribution is 7.92. The molecule has 2 aliphatic heterocycles. The minimum absolute atomic E-state index is 0.187. The van der Waals surface area contributed by atoms with Gasteiger partial charge in [0.2, 0.25) is 0 Å². The third kappa shape index (κ3) is 3.84. The summed E-state index contributed by atoms with van der Waals surface area (Å²) < 4.78 is 22.1. The average Bonchev–Trinajstić information content (AvgIpc) is 3.09. The number of aromatic nitrogens is 3. The second-order valence-corrected chi connectivity index (χ2v) is 9.53. The monoisotopic (exact) mass is 386 g/mol. The Morgan fingerprint density at radius 1 is 1.33 bits per heavy atom. The van der Waals surface area contributed by atoms with E-state index < -0.39 is 9.73 Å². The van der Waals surface area contributed by atoms with Gasteiger partial charge in [0.05, 0.1) is 31.5 Å². The molecule has 1 atom stereocenters. The number of anilines is 1. The summed E-state index contributed by atoms with van der Waals surface area (Å²) in [5.41, 5.74) is 2.71. The largest absolute Gasteiger partial charge is 0.377 e. The number of morpholine rings is 1. The normalized spacial score (nSPS) is 19.2. The van der Waals surface area contributed by atoms with Gasteiger partial charge in [-0.25, -0.2) is 14.2 Å². The molecule has 2 aromatic heterocycles. The molecule has 0 unspecified atom stereocenters. The van der Waals surface area contributed by atoms with Gasteiger partial charge in [-0.3, -0.25) is 9.98 Å². The quantitative estimate of drug-likeness (QED) is 0.802. The van der Waals surface area contributed by atoms with Gasteiger partial charge in [-0.1, -0.05) is 0 Å². The SMILES string of the molecule is C[C@@H]1COCCN1c1cc(N=S(C)(C)=O)nc(-c2ccnc3c2C=NC3)n1. The zero-order chi connectivity index (χ0) is 19.0. The fraction of sp³-hybridized carbons (Fsp3) is 0.444. The molecule has 0 amide bonds. The molecule has 0 aromatic carbocycles. The maximum absolute atomic E-state index is 12.3. The van der Waals surface area contributed by atoms with Gasteiger partial charge in [0.15, 0.2) is 11.6 Å². The number of nitrogens with zero attached hydrogens (tertiary/aromatic N) is 6. The van der Waals surface area contributed by atoms with Crippen LogP contribution in [0.1, 0.15) is 18.2 Å². The first kappa shape index (κ1) is 18.0. The van der Waals surface area contributed by atoms with E-state index in [0.717, 1.165) is 29.2 Å². The van der Waals surface area contributed by atoms with Crippen LogP contribution >= 0.6 is 0 Å². The van der Waals surface area contributed by atoms with E-state index in [2.05, 4.69) is 31.1 Å². The number of hydrogen-bond donors (Lipinski definition) is 0. The molecule has 4 rings (SSSR count). The van der Waals surface area contributed by atoms with Crippen LogP contribution in [0, 0.1) is 0 Å². The van der Waals surface area contributed by atoms with E-state index in [4.69, 9.17) is 9.72 Å². The van der Waals surface area contributed by atoms with Crippen molar-refractivity contribution in [1.29, 1.82) is 0 Å². The Morgan fingerprint density at radius 2 is 2.19 bits per heavy atom. The topological polar surface area (TPSA) is 92.9 Å². The van der Waals surface area contributed by atoms with E-state index in [-0.39, 0.29) is 6.04 Å². The Hall–Kier alpha value is -2.39. The first-order valence-electron chi connectivity index (χ1n) is 8.79. The van der Waals surface area contributed by atoms with Gasteiger partial charge in [-0.05, 0) is 13.0 Å².